The quantitative estimate of drug-likeness (QED) is 0.602. The number of nitrogens with one attached hydrogen (secondary N) is 2. The number of aromatic amines is 1. The molecule has 0 amide bonds. The first kappa shape index (κ1) is 12.9. The summed E-state index contributed by atoms with van der Waals surface area (Å²) in [7, 11) is 0. The number of nitrogen functional groups attached to an aromatic ring is 1. The molecule has 0 spiro atoms. The van der Waals surface area contributed by atoms with Crippen LogP contribution in [0.5, 0.6) is 0 Å². The van der Waals surface area contributed by atoms with Crippen molar-refractivity contribution in [2.45, 2.75) is 0 Å². The van der Waals surface area contributed by atoms with Crippen LogP contribution in [0.25, 0.3) is 10.9 Å². The number of anilines is 2. The normalized spacial score (nSPS) is 13.4. The van der Waals surface area contributed by atoms with E-state index in [0.29, 0.717) is 10.7 Å². The molecule has 0 radical (unpaired) electrons. The molecule has 5 nitrogen and oxygen atoms in total. The van der Waals surface area contributed by atoms with Crippen LogP contribution >= 0.6 is 11.6 Å². The van der Waals surface area contributed by atoms with E-state index in [9.17, 15) is 0 Å². The summed E-state index contributed by atoms with van der Waals surface area (Å²) >= 11 is 6.34. The molecule has 1 aliphatic rings. The van der Waals surface area contributed by atoms with Crippen molar-refractivity contribution in [1.82, 2.24) is 10.2 Å². The molecule has 4 rings (SSSR count). The summed E-state index contributed by atoms with van der Waals surface area (Å²) in [6.45, 7) is 0. The third-order valence-electron chi connectivity index (χ3n) is 3.66. The van der Waals surface area contributed by atoms with Crippen LogP contribution in [0.4, 0.5) is 11.4 Å². The molecule has 1 aromatic heterocycles. The van der Waals surface area contributed by atoms with Gasteiger partial charge in [0.15, 0.2) is 0 Å². The molecule has 1 aliphatic heterocycles. The Morgan fingerprint density at radius 1 is 1.14 bits per heavy atom. The number of H-pyrrole nitrogens is 1. The lowest BCUT2D eigenvalue weighted by Gasteiger charge is -2.13. The predicted octanol–water partition coefficient (Wildman–Crippen LogP) is 3.53. The molecule has 2 heterocycles. The van der Waals surface area contributed by atoms with Gasteiger partial charge in [0.2, 0.25) is 0 Å². The first-order valence-corrected chi connectivity index (χ1v) is 7.13. The summed E-state index contributed by atoms with van der Waals surface area (Å²) in [5, 5.41) is 11.8. The maximum atomic E-state index is 6.34. The van der Waals surface area contributed by atoms with Gasteiger partial charge in [-0.05, 0) is 12.1 Å². The molecule has 6 heteroatoms. The number of nitrogens with zero attached hydrogens (tertiary/aromatic N) is 2. The number of halogens is 1. The van der Waals surface area contributed by atoms with E-state index >= 15 is 0 Å². The molecule has 0 saturated heterocycles. The predicted molar refractivity (Wildman–Crippen MR) is 90.4 cm³/mol. The molecule has 2 aromatic carbocycles. The van der Waals surface area contributed by atoms with Crippen molar-refractivity contribution in [3.05, 3.63) is 65.1 Å². The Morgan fingerprint density at radius 3 is 2.86 bits per heavy atom. The average molecular weight is 310 g/mol. The first-order valence-electron chi connectivity index (χ1n) is 6.76. The van der Waals surface area contributed by atoms with Crippen LogP contribution in [-0.4, -0.2) is 15.9 Å². The van der Waals surface area contributed by atoms with E-state index in [2.05, 4.69) is 20.5 Å². The van der Waals surface area contributed by atoms with Gasteiger partial charge in [-0.15, -0.1) is 0 Å². The first-order chi connectivity index (χ1) is 10.8. The lowest BCUT2D eigenvalue weighted by molar-refractivity contribution is 1.12. The SMILES string of the molecule is Nc1cc2c(c3cn[nH]c13)NC=CN=C2c1ccccc1Cl. The number of aromatic nitrogens is 2. The third-order valence-corrected chi connectivity index (χ3v) is 3.99. The van der Waals surface area contributed by atoms with Gasteiger partial charge in [-0.2, -0.15) is 5.10 Å². The maximum Gasteiger partial charge on any atom is 0.0900 e. The Bertz CT molecular complexity index is 939. The molecule has 0 aliphatic carbocycles. The van der Waals surface area contributed by atoms with Crippen molar-refractivity contribution >= 4 is 39.6 Å². The van der Waals surface area contributed by atoms with E-state index in [1.165, 1.54) is 0 Å². The van der Waals surface area contributed by atoms with Crippen molar-refractivity contribution in [2.24, 2.45) is 4.99 Å². The maximum absolute atomic E-state index is 6.34. The molecular formula is C16H12ClN5. The zero-order valence-electron chi connectivity index (χ0n) is 11.5. The third kappa shape index (κ3) is 1.87. The van der Waals surface area contributed by atoms with Crippen LogP contribution in [0.1, 0.15) is 11.1 Å². The van der Waals surface area contributed by atoms with Crippen molar-refractivity contribution in [1.29, 1.82) is 0 Å². The van der Waals surface area contributed by atoms with Gasteiger partial charge in [0.25, 0.3) is 0 Å². The van der Waals surface area contributed by atoms with Crippen molar-refractivity contribution in [3.63, 3.8) is 0 Å². The number of benzene rings is 2. The Morgan fingerprint density at radius 2 is 2.00 bits per heavy atom. The fraction of sp³-hybridized carbons (Fsp3) is 0. The van der Waals surface area contributed by atoms with E-state index in [0.717, 1.165) is 33.4 Å². The second-order valence-corrected chi connectivity index (χ2v) is 5.37. The molecule has 4 N–H and O–H groups in total. The molecule has 0 saturated carbocycles. The number of rotatable bonds is 1. The number of hydrogen-bond donors (Lipinski definition) is 3. The number of nitrogens with two attached hydrogens (primary N) is 1. The zero-order valence-corrected chi connectivity index (χ0v) is 12.2. The van der Waals surface area contributed by atoms with Crippen LogP contribution in [0.3, 0.4) is 0 Å². The Kier molecular flexibility index (Phi) is 2.87. The number of aliphatic imine (C=N–C) groups is 1. The highest BCUT2D eigenvalue weighted by Gasteiger charge is 2.19. The van der Waals surface area contributed by atoms with Gasteiger partial charge in [0, 0.05) is 33.9 Å². The molecule has 0 bridgehead atoms. The van der Waals surface area contributed by atoms with E-state index in [1.54, 1.807) is 18.6 Å². The van der Waals surface area contributed by atoms with Gasteiger partial charge in [-0.25, -0.2) is 0 Å². The Labute approximate surface area is 131 Å². The highest BCUT2D eigenvalue weighted by Crippen LogP contribution is 2.34. The van der Waals surface area contributed by atoms with Crippen LogP contribution in [0.15, 0.2) is 53.9 Å². The molecule has 108 valence electrons. The second-order valence-electron chi connectivity index (χ2n) is 4.96. The van der Waals surface area contributed by atoms with Crippen LogP contribution < -0.4 is 11.1 Å². The van der Waals surface area contributed by atoms with E-state index in [-0.39, 0.29) is 0 Å². The van der Waals surface area contributed by atoms with Gasteiger partial charge in [0.1, 0.15) is 0 Å². The Hall–Kier alpha value is -2.79. The van der Waals surface area contributed by atoms with Gasteiger partial charge >= 0.3 is 0 Å². The van der Waals surface area contributed by atoms with E-state index in [1.807, 2.05) is 30.3 Å². The molecule has 3 aromatic rings. The fourth-order valence-corrected chi connectivity index (χ4v) is 2.88. The lowest BCUT2D eigenvalue weighted by Crippen LogP contribution is -2.07. The minimum Gasteiger partial charge on any atom is -0.397 e. The molecule has 0 unspecified atom stereocenters. The Balaban J connectivity index is 2.05. The summed E-state index contributed by atoms with van der Waals surface area (Å²) < 4.78 is 0. The summed E-state index contributed by atoms with van der Waals surface area (Å²) in [5.74, 6) is 0. The standard InChI is InChI=1S/C16H12ClN5/c17-12-4-2-1-3-9(12)14-10-7-13(18)16-11(8-21-22-16)15(10)20-6-5-19-14/h1-8,20H,18H2,(H,21,22). The topological polar surface area (TPSA) is 79.1 Å². The highest BCUT2D eigenvalue weighted by atomic mass is 35.5. The van der Waals surface area contributed by atoms with E-state index < -0.39 is 0 Å². The van der Waals surface area contributed by atoms with Crippen molar-refractivity contribution in [2.75, 3.05) is 11.1 Å². The zero-order chi connectivity index (χ0) is 15.1. The van der Waals surface area contributed by atoms with Gasteiger partial charge in [-0.3, -0.25) is 10.1 Å². The minimum absolute atomic E-state index is 0.620. The minimum atomic E-state index is 0.620. The second kappa shape index (κ2) is 4.89. The highest BCUT2D eigenvalue weighted by molar-refractivity contribution is 6.36. The van der Waals surface area contributed by atoms with E-state index in [4.69, 9.17) is 17.3 Å². The summed E-state index contributed by atoms with van der Waals surface area (Å²) in [5.41, 5.74) is 11.0. The smallest absolute Gasteiger partial charge is 0.0900 e. The summed E-state index contributed by atoms with van der Waals surface area (Å²) in [6.07, 6.45) is 5.24. The van der Waals surface area contributed by atoms with Crippen LogP contribution in [0, 0.1) is 0 Å². The van der Waals surface area contributed by atoms with Gasteiger partial charge < -0.3 is 11.1 Å². The van der Waals surface area contributed by atoms with Gasteiger partial charge in [-0.1, -0.05) is 29.8 Å². The number of hydrogen-bond acceptors (Lipinski definition) is 4. The molecule has 0 atom stereocenters. The lowest BCUT2D eigenvalue weighted by atomic mass is 9.98. The fourth-order valence-electron chi connectivity index (χ4n) is 2.65. The molecule has 0 fully saturated rings. The average Bonchev–Trinajstić information content (AvgIpc) is 2.92. The van der Waals surface area contributed by atoms with Crippen molar-refractivity contribution in [3.8, 4) is 0 Å². The number of fused-ring (bicyclic) bond motifs is 3. The van der Waals surface area contributed by atoms with Gasteiger partial charge in [0.05, 0.1) is 28.8 Å². The largest absolute Gasteiger partial charge is 0.397 e. The molecule has 22 heavy (non-hydrogen) atoms. The summed E-state index contributed by atoms with van der Waals surface area (Å²) in [4.78, 5) is 4.53. The van der Waals surface area contributed by atoms with Crippen LogP contribution in [-0.2, 0) is 0 Å². The molecular weight excluding hydrogens is 298 g/mol. The van der Waals surface area contributed by atoms with Crippen LogP contribution in [0.2, 0.25) is 5.02 Å². The monoisotopic (exact) mass is 309 g/mol. The summed E-state index contributed by atoms with van der Waals surface area (Å²) in [6, 6.07) is 9.51. The van der Waals surface area contributed by atoms with Crippen molar-refractivity contribution < 1.29 is 0 Å².